The van der Waals surface area contributed by atoms with Crippen LogP contribution in [0.4, 0.5) is 10.1 Å². The van der Waals surface area contributed by atoms with Gasteiger partial charge in [-0.3, -0.25) is 14.5 Å². The van der Waals surface area contributed by atoms with Crippen molar-refractivity contribution in [1.82, 2.24) is 5.32 Å². The lowest BCUT2D eigenvalue weighted by Gasteiger charge is -2.33. The molecule has 7 heteroatoms. The van der Waals surface area contributed by atoms with E-state index in [4.69, 9.17) is 11.6 Å². The first-order chi connectivity index (χ1) is 9.47. The number of nitrogens with one attached hydrogen (secondary N) is 1. The van der Waals surface area contributed by atoms with Gasteiger partial charge in [-0.25, -0.2) is 4.39 Å². The maximum absolute atomic E-state index is 13.3. The Morgan fingerprint density at radius 1 is 1.35 bits per heavy atom. The number of hydrogen-bond acceptors (Lipinski definition) is 2. The number of amides is 2. The summed E-state index contributed by atoms with van der Waals surface area (Å²) in [5.41, 5.74) is 0.346. The molecule has 1 atom stereocenters. The van der Waals surface area contributed by atoms with Gasteiger partial charge in [0.2, 0.25) is 11.8 Å². The van der Waals surface area contributed by atoms with E-state index < -0.39 is 11.9 Å². The third-order valence-corrected chi connectivity index (χ3v) is 4.39. The molecule has 1 aliphatic carbocycles. The van der Waals surface area contributed by atoms with Crippen LogP contribution >= 0.6 is 27.5 Å². The maximum Gasteiger partial charge on any atom is 0.250 e. The summed E-state index contributed by atoms with van der Waals surface area (Å²) in [6.45, 7) is -0.105. The van der Waals surface area contributed by atoms with Crippen molar-refractivity contribution in [1.29, 1.82) is 0 Å². The summed E-state index contributed by atoms with van der Waals surface area (Å²) in [5, 5.41) is 2.82. The average molecular weight is 362 g/mol. The second-order valence-corrected chi connectivity index (χ2v) is 6.29. The molecular formula is C13H11BrClFN2O2. The molecule has 3 rings (SSSR count). The molecule has 1 aliphatic heterocycles. The molecule has 1 unspecified atom stereocenters. The molecule has 1 aromatic carbocycles. The standard InChI is InChI=1S/C13H11BrClFN2O2/c14-8-3-7(16)4-9(15)12(8)18-5-10(19)17-11(13(18)20)6-1-2-6/h3-4,6,11H,1-2,5H2,(H,17,19). The van der Waals surface area contributed by atoms with Crippen LogP contribution in [0.1, 0.15) is 12.8 Å². The number of carbonyl (C=O) groups excluding carboxylic acids is 2. The smallest absolute Gasteiger partial charge is 0.250 e. The minimum atomic E-state index is -0.502. The molecule has 20 heavy (non-hydrogen) atoms. The zero-order valence-corrected chi connectivity index (χ0v) is 12.7. The van der Waals surface area contributed by atoms with E-state index in [9.17, 15) is 14.0 Å². The summed E-state index contributed by atoms with van der Waals surface area (Å²) in [6, 6.07) is 1.87. The second-order valence-electron chi connectivity index (χ2n) is 5.03. The molecule has 2 aliphatic rings. The van der Waals surface area contributed by atoms with Gasteiger partial charge in [0, 0.05) is 4.47 Å². The van der Waals surface area contributed by atoms with E-state index in [1.165, 1.54) is 11.0 Å². The highest BCUT2D eigenvalue weighted by molar-refractivity contribution is 9.10. The monoisotopic (exact) mass is 360 g/mol. The molecule has 2 fully saturated rings. The topological polar surface area (TPSA) is 49.4 Å². The molecule has 0 spiro atoms. The van der Waals surface area contributed by atoms with Crippen LogP contribution in [-0.4, -0.2) is 24.4 Å². The Morgan fingerprint density at radius 3 is 2.65 bits per heavy atom. The van der Waals surface area contributed by atoms with Crippen LogP contribution in [-0.2, 0) is 9.59 Å². The van der Waals surface area contributed by atoms with E-state index in [1.807, 2.05) is 0 Å². The van der Waals surface area contributed by atoms with Crippen molar-refractivity contribution in [2.45, 2.75) is 18.9 Å². The Morgan fingerprint density at radius 2 is 2.05 bits per heavy atom. The van der Waals surface area contributed by atoms with E-state index in [0.717, 1.165) is 18.9 Å². The highest BCUT2D eigenvalue weighted by Crippen LogP contribution is 2.39. The number of anilines is 1. The predicted octanol–water partition coefficient (Wildman–Crippen LogP) is 2.48. The van der Waals surface area contributed by atoms with Crippen LogP contribution in [0.25, 0.3) is 0 Å². The number of carbonyl (C=O) groups is 2. The van der Waals surface area contributed by atoms with Crippen molar-refractivity contribution >= 4 is 45.0 Å². The number of benzene rings is 1. The number of nitrogens with zero attached hydrogens (tertiary/aromatic N) is 1. The molecule has 4 nitrogen and oxygen atoms in total. The Hall–Kier alpha value is -1.14. The molecule has 1 saturated carbocycles. The lowest BCUT2D eigenvalue weighted by molar-refractivity contribution is -0.131. The fourth-order valence-corrected chi connectivity index (χ4v) is 3.47. The Bertz CT molecular complexity index is 583. The lowest BCUT2D eigenvalue weighted by Crippen LogP contribution is -2.59. The van der Waals surface area contributed by atoms with E-state index in [2.05, 4.69) is 21.2 Å². The summed E-state index contributed by atoms with van der Waals surface area (Å²) >= 11 is 9.23. The van der Waals surface area contributed by atoms with E-state index >= 15 is 0 Å². The molecule has 106 valence electrons. The van der Waals surface area contributed by atoms with Crippen LogP contribution < -0.4 is 10.2 Å². The third-order valence-electron chi connectivity index (χ3n) is 3.50. The number of piperazine rings is 1. The summed E-state index contributed by atoms with van der Waals surface area (Å²) in [4.78, 5) is 25.6. The molecule has 1 N–H and O–H groups in total. The van der Waals surface area contributed by atoms with Gasteiger partial charge >= 0.3 is 0 Å². The molecule has 0 radical (unpaired) electrons. The quantitative estimate of drug-likeness (QED) is 0.880. The van der Waals surface area contributed by atoms with Crippen LogP contribution in [0.3, 0.4) is 0 Å². The fraction of sp³-hybridized carbons (Fsp3) is 0.385. The van der Waals surface area contributed by atoms with E-state index in [1.54, 1.807) is 0 Å². The third kappa shape index (κ3) is 2.42. The second kappa shape index (κ2) is 5.00. The van der Waals surface area contributed by atoms with Crippen LogP contribution in [0, 0.1) is 11.7 Å². The minimum absolute atomic E-state index is 0.105. The van der Waals surface area contributed by atoms with Gasteiger partial charge in [0.15, 0.2) is 0 Å². The van der Waals surface area contributed by atoms with Crippen molar-refractivity contribution in [2.24, 2.45) is 5.92 Å². The van der Waals surface area contributed by atoms with Crippen LogP contribution in [0.5, 0.6) is 0 Å². The summed E-state index contributed by atoms with van der Waals surface area (Å²) in [6.07, 6.45) is 1.87. The zero-order chi connectivity index (χ0) is 14.4. The van der Waals surface area contributed by atoms with Gasteiger partial charge in [0.1, 0.15) is 18.4 Å². The van der Waals surface area contributed by atoms with Crippen molar-refractivity contribution in [3.05, 3.63) is 27.4 Å². The zero-order valence-electron chi connectivity index (χ0n) is 10.3. The molecule has 1 aromatic rings. The predicted molar refractivity (Wildman–Crippen MR) is 76.1 cm³/mol. The molecule has 0 aromatic heterocycles. The van der Waals surface area contributed by atoms with Gasteiger partial charge in [0.25, 0.3) is 0 Å². The normalized spacial score (nSPS) is 22.9. The van der Waals surface area contributed by atoms with Crippen molar-refractivity contribution < 1.29 is 14.0 Å². The molecular weight excluding hydrogens is 351 g/mol. The van der Waals surface area contributed by atoms with Gasteiger partial charge in [0.05, 0.1) is 10.7 Å². The van der Waals surface area contributed by atoms with Gasteiger partial charge in [-0.1, -0.05) is 11.6 Å². The summed E-state index contributed by atoms with van der Waals surface area (Å²) < 4.78 is 13.6. The number of hydrogen-bond donors (Lipinski definition) is 1. The first-order valence-corrected chi connectivity index (χ1v) is 7.40. The Labute approximate surface area is 128 Å². The Balaban J connectivity index is 1.99. The summed E-state index contributed by atoms with van der Waals surface area (Å²) in [7, 11) is 0. The van der Waals surface area contributed by atoms with Crippen molar-refractivity contribution in [3.63, 3.8) is 0 Å². The molecule has 1 saturated heterocycles. The van der Waals surface area contributed by atoms with E-state index in [-0.39, 0.29) is 29.3 Å². The van der Waals surface area contributed by atoms with Crippen molar-refractivity contribution in [2.75, 3.05) is 11.4 Å². The van der Waals surface area contributed by atoms with Gasteiger partial charge in [-0.15, -0.1) is 0 Å². The van der Waals surface area contributed by atoms with Gasteiger partial charge in [-0.05, 0) is 46.8 Å². The van der Waals surface area contributed by atoms with Gasteiger partial charge in [-0.2, -0.15) is 0 Å². The van der Waals surface area contributed by atoms with Crippen LogP contribution in [0.15, 0.2) is 16.6 Å². The Kier molecular flexibility index (Phi) is 3.46. The highest BCUT2D eigenvalue weighted by Gasteiger charge is 2.43. The average Bonchev–Trinajstić information content (AvgIpc) is 3.15. The maximum atomic E-state index is 13.3. The van der Waals surface area contributed by atoms with Gasteiger partial charge < -0.3 is 5.32 Å². The number of rotatable bonds is 2. The van der Waals surface area contributed by atoms with E-state index in [0.29, 0.717) is 10.2 Å². The molecule has 0 bridgehead atoms. The summed E-state index contributed by atoms with van der Waals surface area (Å²) in [5.74, 6) is -0.722. The van der Waals surface area contributed by atoms with Crippen molar-refractivity contribution in [3.8, 4) is 0 Å². The molecule has 1 heterocycles. The SMILES string of the molecule is O=C1CN(c2c(Cl)cc(F)cc2Br)C(=O)C(C2CC2)N1. The molecule has 2 amide bonds. The lowest BCUT2D eigenvalue weighted by atomic mass is 10.1. The highest BCUT2D eigenvalue weighted by atomic mass is 79.9. The first-order valence-electron chi connectivity index (χ1n) is 6.22. The first kappa shape index (κ1) is 13.8. The largest absolute Gasteiger partial charge is 0.342 e. The fourth-order valence-electron chi connectivity index (χ4n) is 2.40. The van der Waals surface area contributed by atoms with Crippen LogP contribution in [0.2, 0.25) is 5.02 Å². The number of halogens is 3. The minimum Gasteiger partial charge on any atom is -0.342 e.